The highest BCUT2D eigenvalue weighted by Crippen LogP contribution is 2.21. The molecule has 1 N–H and O–H groups in total. The summed E-state index contributed by atoms with van der Waals surface area (Å²) >= 11 is 0. The van der Waals surface area contributed by atoms with Crippen LogP contribution in [0.3, 0.4) is 0 Å². The highest BCUT2D eigenvalue weighted by atomic mass is 32.2. The Kier molecular flexibility index (Phi) is 6.01. The van der Waals surface area contributed by atoms with Crippen LogP contribution >= 0.6 is 0 Å². The predicted octanol–water partition coefficient (Wildman–Crippen LogP) is 1.23. The summed E-state index contributed by atoms with van der Waals surface area (Å²) in [6.45, 7) is 6.38. The summed E-state index contributed by atoms with van der Waals surface area (Å²) in [4.78, 5) is 14.2. The molecular weight excluding hydrogens is 328 g/mol. The van der Waals surface area contributed by atoms with Crippen LogP contribution in [-0.4, -0.2) is 60.9 Å². The minimum absolute atomic E-state index is 0.107. The number of hydrogen-bond donors (Lipinski definition) is 1. The molecule has 0 bridgehead atoms. The van der Waals surface area contributed by atoms with Crippen LogP contribution < -0.4 is 0 Å². The Bertz CT molecular complexity index is 670. The van der Waals surface area contributed by atoms with E-state index in [-0.39, 0.29) is 48.9 Å². The van der Waals surface area contributed by atoms with Crippen LogP contribution in [0, 0.1) is 12.8 Å². The monoisotopic (exact) mass is 354 g/mol. The third-order valence-corrected chi connectivity index (χ3v) is 6.41. The van der Waals surface area contributed by atoms with Gasteiger partial charge in [0.15, 0.2) is 0 Å². The number of benzene rings is 1. The van der Waals surface area contributed by atoms with E-state index in [0.717, 1.165) is 5.56 Å². The van der Waals surface area contributed by atoms with Gasteiger partial charge in [-0.05, 0) is 25.0 Å². The fourth-order valence-corrected chi connectivity index (χ4v) is 4.37. The van der Waals surface area contributed by atoms with Gasteiger partial charge in [0.05, 0.1) is 17.5 Å². The summed E-state index contributed by atoms with van der Waals surface area (Å²) in [7, 11) is -3.61. The summed E-state index contributed by atoms with van der Waals surface area (Å²) in [6.07, 6.45) is 0.133. The Morgan fingerprint density at radius 1 is 1.12 bits per heavy atom. The fourth-order valence-electron chi connectivity index (χ4n) is 2.94. The lowest BCUT2D eigenvalue weighted by Gasteiger charge is -2.32. The molecule has 1 aromatic rings. The van der Waals surface area contributed by atoms with E-state index in [1.54, 1.807) is 29.2 Å². The molecule has 0 spiro atoms. The van der Waals surface area contributed by atoms with Crippen LogP contribution in [0.5, 0.6) is 0 Å². The third-order valence-electron chi connectivity index (χ3n) is 4.50. The highest BCUT2D eigenvalue weighted by Gasteiger charge is 2.33. The first kappa shape index (κ1) is 18.9. The van der Waals surface area contributed by atoms with Gasteiger partial charge in [-0.3, -0.25) is 4.79 Å². The molecule has 7 heteroatoms. The predicted molar refractivity (Wildman–Crippen MR) is 92.0 cm³/mol. The van der Waals surface area contributed by atoms with Gasteiger partial charge >= 0.3 is 0 Å². The molecule has 0 aromatic heterocycles. The van der Waals surface area contributed by atoms with E-state index >= 15 is 0 Å². The second-order valence-electron chi connectivity index (χ2n) is 6.55. The van der Waals surface area contributed by atoms with Crippen LogP contribution in [0.1, 0.15) is 25.8 Å². The molecule has 1 fully saturated rings. The molecule has 24 heavy (non-hydrogen) atoms. The molecule has 1 amide bonds. The third kappa shape index (κ3) is 3.96. The first-order valence-electron chi connectivity index (χ1n) is 8.24. The van der Waals surface area contributed by atoms with Gasteiger partial charge in [0.25, 0.3) is 0 Å². The number of amides is 1. The van der Waals surface area contributed by atoms with Crippen molar-refractivity contribution in [2.45, 2.75) is 38.1 Å². The van der Waals surface area contributed by atoms with E-state index in [4.69, 9.17) is 0 Å². The van der Waals surface area contributed by atoms with Crippen molar-refractivity contribution in [1.29, 1.82) is 0 Å². The molecule has 1 saturated heterocycles. The number of carbonyl (C=O) groups is 1. The van der Waals surface area contributed by atoms with Crippen molar-refractivity contribution in [3.8, 4) is 0 Å². The lowest BCUT2D eigenvalue weighted by molar-refractivity contribution is -0.134. The van der Waals surface area contributed by atoms with E-state index in [1.807, 2.05) is 20.8 Å². The molecule has 2 rings (SSSR count). The SMILES string of the molecule is Cc1ccc(S(=O)(=O)N2CCC(=O)N([C@H](CO)C(C)C)CC2)cc1. The largest absolute Gasteiger partial charge is 0.394 e. The Morgan fingerprint density at radius 3 is 2.29 bits per heavy atom. The van der Waals surface area contributed by atoms with Crippen molar-refractivity contribution in [1.82, 2.24) is 9.21 Å². The first-order chi connectivity index (χ1) is 11.3. The number of aliphatic hydroxyl groups is 1. The van der Waals surface area contributed by atoms with Crippen LogP contribution in [0.15, 0.2) is 29.2 Å². The van der Waals surface area contributed by atoms with Crippen LogP contribution in [-0.2, 0) is 14.8 Å². The Hall–Kier alpha value is -1.44. The lowest BCUT2D eigenvalue weighted by Crippen LogP contribution is -2.46. The van der Waals surface area contributed by atoms with Gasteiger partial charge in [0.2, 0.25) is 15.9 Å². The van der Waals surface area contributed by atoms with Gasteiger partial charge in [-0.25, -0.2) is 8.42 Å². The molecule has 1 aliphatic heterocycles. The van der Waals surface area contributed by atoms with Crippen molar-refractivity contribution < 1.29 is 18.3 Å². The minimum atomic E-state index is -3.61. The van der Waals surface area contributed by atoms with Crippen molar-refractivity contribution in [3.05, 3.63) is 29.8 Å². The zero-order valence-electron chi connectivity index (χ0n) is 14.5. The molecule has 6 nitrogen and oxygen atoms in total. The van der Waals surface area contributed by atoms with Crippen LogP contribution in [0.4, 0.5) is 0 Å². The highest BCUT2D eigenvalue weighted by molar-refractivity contribution is 7.89. The maximum Gasteiger partial charge on any atom is 0.243 e. The van der Waals surface area contributed by atoms with Gasteiger partial charge in [-0.2, -0.15) is 4.31 Å². The number of sulfonamides is 1. The van der Waals surface area contributed by atoms with Crippen molar-refractivity contribution >= 4 is 15.9 Å². The van der Waals surface area contributed by atoms with Gasteiger partial charge in [0, 0.05) is 26.1 Å². The zero-order chi connectivity index (χ0) is 17.9. The number of aryl methyl sites for hydroxylation is 1. The quantitative estimate of drug-likeness (QED) is 0.863. The van der Waals surface area contributed by atoms with Crippen molar-refractivity contribution in [2.24, 2.45) is 5.92 Å². The molecule has 0 unspecified atom stereocenters. The van der Waals surface area contributed by atoms with Gasteiger partial charge < -0.3 is 10.0 Å². The molecule has 1 heterocycles. The standard InChI is InChI=1S/C17H26N2O4S/c1-13(2)16(12-20)19-11-10-18(9-8-17(19)21)24(22,23)15-6-4-14(3)5-7-15/h4-7,13,16,20H,8-12H2,1-3H3/t16-/m1/s1. The summed E-state index contributed by atoms with van der Waals surface area (Å²) < 4.78 is 26.9. The lowest BCUT2D eigenvalue weighted by atomic mass is 10.0. The number of nitrogens with zero attached hydrogens (tertiary/aromatic N) is 2. The Morgan fingerprint density at radius 2 is 1.75 bits per heavy atom. The van der Waals surface area contributed by atoms with Crippen molar-refractivity contribution in [2.75, 3.05) is 26.2 Å². The van der Waals surface area contributed by atoms with Gasteiger partial charge in [0.1, 0.15) is 0 Å². The number of hydrogen-bond acceptors (Lipinski definition) is 4. The summed E-state index contributed by atoms with van der Waals surface area (Å²) in [6, 6.07) is 6.45. The zero-order valence-corrected chi connectivity index (χ0v) is 15.3. The smallest absolute Gasteiger partial charge is 0.243 e. The molecular formula is C17H26N2O4S. The number of aliphatic hydroxyl groups excluding tert-OH is 1. The normalized spacial score (nSPS) is 18.7. The average molecular weight is 354 g/mol. The van der Waals surface area contributed by atoms with E-state index in [1.165, 1.54) is 4.31 Å². The second-order valence-corrected chi connectivity index (χ2v) is 8.49. The van der Waals surface area contributed by atoms with E-state index in [2.05, 4.69) is 0 Å². The molecule has 1 aromatic carbocycles. The maximum atomic E-state index is 12.8. The van der Waals surface area contributed by atoms with E-state index < -0.39 is 10.0 Å². The number of rotatable bonds is 5. The molecule has 1 aliphatic rings. The van der Waals surface area contributed by atoms with E-state index in [9.17, 15) is 18.3 Å². The van der Waals surface area contributed by atoms with Crippen molar-refractivity contribution in [3.63, 3.8) is 0 Å². The fraction of sp³-hybridized carbons (Fsp3) is 0.588. The Labute approximate surface area is 144 Å². The van der Waals surface area contributed by atoms with E-state index in [0.29, 0.717) is 6.54 Å². The Balaban J connectivity index is 2.20. The van der Waals surface area contributed by atoms with Crippen LogP contribution in [0.2, 0.25) is 0 Å². The topological polar surface area (TPSA) is 77.9 Å². The molecule has 134 valence electrons. The minimum Gasteiger partial charge on any atom is -0.394 e. The molecule has 1 atom stereocenters. The number of carbonyl (C=O) groups excluding carboxylic acids is 1. The average Bonchev–Trinajstić information content (AvgIpc) is 2.71. The summed E-state index contributed by atoms with van der Waals surface area (Å²) in [5, 5.41) is 9.56. The first-order valence-corrected chi connectivity index (χ1v) is 9.68. The molecule has 0 radical (unpaired) electrons. The van der Waals surface area contributed by atoms with Gasteiger partial charge in [-0.15, -0.1) is 0 Å². The van der Waals surface area contributed by atoms with Crippen LogP contribution in [0.25, 0.3) is 0 Å². The van der Waals surface area contributed by atoms with Gasteiger partial charge in [-0.1, -0.05) is 31.5 Å². The summed E-state index contributed by atoms with van der Waals surface area (Å²) in [5.41, 5.74) is 0.994. The second kappa shape index (κ2) is 7.63. The summed E-state index contributed by atoms with van der Waals surface area (Å²) in [5.74, 6) is 0.00330. The maximum absolute atomic E-state index is 12.8. The molecule has 0 saturated carbocycles. The molecule has 0 aliphatic carbocycles.